The van der Waals surface area contributed by atoms with Crippen molar-refractivity contribution >= 4 is 16.9 Å². The molecule has 0 atom stereocenters. The van der Waals surface area contributed by atoms with E-state index in [0.717, 1.165) is 39.1 Å². The lowest BCUT2D eigenvalue weighted by Gasteiger charge is -2.18. The molecule has 0 N–H and O–H groups in total. The summed E-state index contributed by atoms with van der Waals surface area (Å²) in [5.74, 6) is -0.342. The minimum absolute atomic E-state index is 0.342. The summed E-state index contributed by atoms with van der Waals surface area (Å²) in [5, 5.41) is 1.13. The van der Waals surface area contributed by atoms with Crippen LogP contribution in [0.5, 0.6) is 0 Å². The van der Waals surface area contributed by atoms with Crippen LogP contribution >= 0.6 is 0 Å². The van der Waals surface area contributed by atoms with Gasteiger partial charge in [0.25, 0.3) is 0 Å². The molecular weight excluding hydrogens is 384 g/mol. The van der Waals surface area contributed by atoms with Crippen LogP contribution in [0.3, 0.4) is 0 Å². The third kappa shape index (κ3) is 3.13. The van der Waals surface area contributed by atoms with Gasteiger partial charge in [-0.25, -0.2) is 9.47 Å². The van der Waals surface area contributed by atoms with Gasteiger partial charge in [-0.3, -0.25) is 4.68 Å². The highest BCUT2D eigenvalue weighted by Gasteiger charge is 2.23. The number of aromatic nitrogens is 2. The van der Waals surface area contributed by atoms with Crippen molar-refractivity contribution in [3.05, 3.63) is 108 Å². The van der Waals surface area contributed by atoms with Gasteiger partial charge in [-0.05, 0) is 25.1 Å². The van der Waals surface area contributed by atoms with Crippen molar-refractivity contribution in [1.82, 2.24) is 9.35 Å². The van der Waals surface area contributed by atoms with Gasteiger partial charge in [-0.2, -0.15) is 0 Å². The van der Waals surface area contributed by atoms with Gasteiger partial charge >= 0.3 is 5.97 Å². The number of ether oxygens (including phenoxy) is 1. The molecule has 4 heteroatoms. The van der Waals surface area contributed by atoms with E-state index in [0.29, 0.717) is 5.56 Å². The van der Waals surface area contributed by atoms with Crippen LogP contribution in [0.25, 0.3) is 33.4 Å². The van der Waals surface area contributed by atoms with Crippen molar-refractivity contribution in [3.8, 4) is 22.5 Å². The molecule has 0 unspecified atom stereocenters. The average Bonchev–Trinajstić information content (AvgIpc) is 3.37. The molecule has 0 saturated heterocycles. The maximum atomic E-state index is 12.6. The standard InChI is InChI=1S/C27H22N2O2/c1-19-23(27(30)31-2)18-26(21-13-7-4-8-14-21)28(19)29-24-16-10-9-15-22(24)17-25(29)20-11-5-3-6-12-20/h3-18H,1-2H3. The highest BCUT2D eigenvalue weighted by molar-refractivity contribution is 5.93. The Balaban J connectivity index is 1.89. The van der Waals surface area contributed by atoms with E-state index in [1.165, 1.54) is 7.11 Å². The molecule has 0 spiro atoms. The minimum atomic E-state index is -0.342. The summed E-state index contributed by atoms with van der Waals surface area (Å²) in [6, 6.07) is 32.8. The Morgan fingerprint density at radius 1 is 0.710 bits per heavy atom. The molecule has 31 heavy (non-hydrogen) atoms. The van der Waals surface area contributed by atoms with E-state index in [1.807, 2.05) is 61.5 Å². The van der Waals surface area contributed by atoms with E-state index < -0.39 is 0 Å². The summed E-state index contributed by atoms with van der Waals surface area (Å²) in [4.78, 5) is 12.6. The largest absolute Gasteiger partial charge is 0.465 e. The van der Waals surface area contributed by atoms with Gasteiger partial charge in [0, 0.05) is 16.5 Å². The molecule has 4 nitrogen and oxygen atoms in total. The zero-order valence-corrected chi connectivity index (χ0v) is 17.4. The number of hydrogen-bond acceptors (Lipinski definition) is 2. The fraction of sp³-hybridized carbons (Fsp3) is 0.0741. The second-order valence-electron chi connectivity index (χ2n) is 7.46. The number of benzene rings is 3. The Bertz CT molecular complexity index is 1380. The summed E-state index contributed by atoms with van der Waals surface area (Å²) in [7, 11) is 1.42. The lowest BCUT2D eigenvalue weighted by molar-refractivity contribution is 0.0599. The van der Waals surface area contributed by atoms with Crippen molar-refractivity contribution in [3.63, 3.8) is 0 Å². The molecular formula is C27H22N2O2. The number of esters is 1. The fourth-order valence-electron chi connectivity index (χ4n) is 4.16. The normalized spacial score (nSPS) is 11.0. The number of para-hydroxylation sites is 1. The van der Waals surface area contributed by atoms with Gasteiger partial charge in [-0.15, -0.1) is 0 Å². The molecule has 5 rings (SSSR count). The van der Waals surface area contributed by atoms with Crippen molar-refractivity contribution in [2.24, 2.45) is 0 Å². The first-order valence-electron chi connectivity index (χ1n) is 10.2. The first-order chi connectivity index (χ1) is 15.2. The highest BCUT2D eigenvalue weighted by Crippen LogP contribution is 2.33. The summed E-state index contributed by atoms with van der Waals surface area (Å²) < 4.78 is 9.39. The third-order valence-corrected chi connectivity index (χ3v) is 5.65. The van der Waals surface area contributed by atoms with Crippen LogP contribution in [-0.2, 0) is 4.74 Å². The Morgan fingerprint density at radius 3 is 1.87 bits per heavy atom. The Hall–Kier alpha value is -4.05. The first-order valence-corrected chi connectivity index (χ1v) is 10.2. The molecule has 3 aromatic carbocycles. The second kappa shape index (κ2) is 7.65. The molecule has 0 amide bonds. The predicted octanol–water partition coefficient (Wildman–Crippen LogP) is 6.18. The molecule has 5 aromatic rings. The zero-order valence-electron chi connectivity index (χ0n) is 17.4. The van der Waals surface area contributed by atoms with Gasteiger partial charge in [-0.1, -0.05) is 78.9 Å². The Kier molecular flexibility index (Phi) is 4.68. The van der Waals surface area contributed by atoms with E-state index in [-0.39, 0.29) is 5.97 Å². The molecule has 0 radical (unpaired) electrons. The molecule has 0 aliphatic carbocycles. The van der Waals surface area contributed by atoms with Gasteiger partial charge in [0.2, 0.25) is 0 Å². The van der Waals surface area contributed by atoms with Crippen LogP contribution in [0.1, 0.15) is 16.1 Å². The Labute approximate surface area is 180 Å². The molecule has 2 aromatic heterocycles. The lowest BCUT2D eigenvalue weighted by atomic mass is 10.1. The predicted molar refractivity (Wildman–Crippen MR) is 124 cm³/mol. The number of methoxy groups -OCH3 is 1. The Morgan fingerprint density at radius 2 is 1.26 bits per heavy atom. The zero-order chi connectivity index (χ0) is 21.4. The molecule has 0 fully saturated rings. The van der Waals surface area contributed by atoms with E-state index in [1.54, 1.807) is 0 Å². The second-order valence-corrected chi connectivity index (χ2v) is 7.46. The van der Waals surface area contributed by atoms with Crippen LogP contribution in [0.2, 0.25) is 0 Å². The first kappa shape index (κ1) is 18.9. The van der Waals surface area contributed by atoms with E-state index in [9.17, 15) is 4.79 Å². The number of carbonyl (C=O) groups excluding carboxylic acids is 1. The van der Waals surface area contributed by atoms with Crippen LogP contribution in [-0.4, -0.2) is 22.4 Å². The number of carbonyl (C=O) groups is 1. The van der Waals surface area contributed by atoms with E-state index >= 15 is 0 Å². The number of nitrogens with zero attached hydrogens (tertiary/aromatic N) is 2. The van der Waals surface area contributed by atoms with Gasteiger partial charge in [0.05, 0.1) is 35.3 Å². The molecule has 0 bridgehead atoms. The van der Waals surface area contributed by atoms with Crippen LogP contribution in [0.4, 0.5) is 0 Å². The van der Waals surface area contributed by atoms with Crippen molar-refractivity contribution in [2.75, 3.05) is 7.11 Å². The van der Waals surface area contributed by atoms with Gasteiger partial charge < -0.3 is 4.74 Å². The summed E-state index contributed by atoms with van der Waals surface area (Å²) in [5.41, 5.74) is 6.55. The van der Waals surface area contributed by atoms with E-state index in [4.69, 9.17) is 4.74 Å². The quantitative estimate of drug-likeness (QED) is 0.334. The van der Waals surface area contributed by atoms with Crippen LogP contribution in [0.15, 0.2) is 97.1 Å². The van der Waals surface area contributed by atoms with Crippen molar-refractivity contribution in [2.45, 2.75) is 6.92 Å². The van der Waals surface area contributed by atoms with Crippen LogP contribution < -0.4 is 0 Å². The van der Waals surface area contributed by atoms with Crippen molar-refractivity contribution in [1.29, 1.82) is 0 Å². The monoisotopic (exact) mass is 406 g/mol. The van der Waals surface area contributed by atoms with E-state index in [2.05, 4.69) is 51.8 Å². The topological polar surface area (TPSA) is 36.2 Å². The van der Waals surface area contributed by atoms with Gasteiger partial charge in [0.1, 0.15) is 0 Å². The summed E-state index contributed by atoms with van der Waals surface area (Å²) in [6.45, 7) is 1.96. The summed E-state index contributed by atoms with van der Waals surface area (Å²) in [6.07, 6.45) is 0. The molecule has 0 aliphatic heterocycles. The fourth-order valence-corrected chi connectivity index (χ4v) is 4.16. The number of rotatable bonds is 4. The SMILES string of the molecule is COC(=O)c1cc(-c2ccccc2)n(-n2c(-c3ccccc3)cc3ccccc32)c1C. The molecule has 2 heterocycles. The molecule has 152 valence electrons. The summed E-state index contributed by atoms with van der Waals surface area (Å²) >= 11 is 0. The third-order valence-electron chi connectivity index (χ3n) is 5.65. The smallest absolute Gasteiger partial charge is 0.339 e. The molecule has 0 saturated carbocycles. The van der Waals surface area contributed by atoms with Gasteiger partial charge in [0.15, 0.2) is 0 Å². The highest BCUT2D eigenvalue weighted by atomic mass is 16.5. The number of hydrogen-bond donors (Lipinski definition) is 0. The average molecular weight is 406 g/mol. The lowest BCUT2D eigenvalue weighted by Crippen LogP contribution is -2.14. The van der Waals surface area contributed by atoms with Crippen molar-refractivity contribution < 1.29 is 9.53 Å². The maximum Gasteiger partial charge on any atom is 0.339 e. The molecule has 0 aliphatic rings. The van der Waals surface area contributed by atoms with Crippen LogP contribution in [0, 0.1) is 6.92 Å². The minimum Gasteiger partial charge on any atom is -0.465 e. The maximum absolute atomic E-state index is 12.6. The number of fused-ring (bicyclic) bond motifs is 1.